The highest BCUT2D eigenvalue weighted by atomic mass is 16.5. The predicted octanol–water partition coefficient (Wildman–Crippen LogP) is 2.57. The number of anilines is 1. The molecule has 6 heteroatoms. The number of rotatable bonds is 11. The molecule has 0 bridgehead atoms. The fourth-order valence-corrected chi connectivity index (χ4v) is 3.16. The second-order valence-corrected chi connectivity index (χ2v) is 6.92. The number of fused-ring (bicyclic) bond motifs is 1. The maximum Gasteiger partial charge on any atom is 0.191 e. The van der Waals surface area contributed by atoms with E-state index in [1.165, 1.54) is 36.1 Å². The smallest absolute Gasteiger partial charge is 0.191 e. The Balaban J connectivity index is 1.62. The molecule has 0 aromatic heterocycles. The highest BCUT2D eigenvalue weighted by Gasteiger charge is 2.13. The Bertz CT molecular complexity index is 577. The van der Waals surface area contributed by atoms with Crippen molar-refractivity contribution in [1.29, 1.82) is 0 Å². The number of aryl methyl sites for hydroxylation is 1. The van der Waals surface area contributed by atoms with Crippen molar-refractivity contribution in [2.24, 2.45) is 4.99 Å². The van der Waals surface area contributed by atoms with Gasteiger partial charge in [0.25, 0.3) is 0 Å². The monoisotopic (exact) mass is 376 g/mol. The van der Waals surface area contributed by atoms with Crippen LogP contribution < -0.4 is 15.5 Å². The molecule has 0 amide bonds. The average molecular weight is 377 g/mol. The summed E-state index contributed by atoms with van der Waals surface area (Å²) < 4.78 is 11.0. The number of nitrogens with one attached hydrogen (secondary N) is 2. The van der Waals surface area contributed by atoms with E-state index < -0.39 is 0 Å². The molecule has 2 N–H and O–H groups in total. The van der Waals surface area contributed by atoms with Crippen molar-refractivity contribution < 1.29 is 9.47 Å². The maximum absolute atomic E-state index is 5.57. The van der Waals surface area contributed by atoms with Crippen molar-refractivity contribution in [3.05, 3.63) is 29.3 Å². The topological polar surface area (TPSA) is 58.1 Å². The molecule has 0 fully saturated rings. The maximum atomic E-state index is 5.57. The van der Waals surface area contributed by atoms with Crippen molar-refractivity contribution in [3.8, 4) is 0 Å². The van der Waals surface area contributed by atoms with Crippen LogP contribution >= 0.6 is 0 Å². The second kappa shape index (κ2) is 12.6. The molecule has 6 nitrogen and oxygen atoms in total. The van der Waals surface area contributed by atoms with Crippen LogP contribution in [0.5, 0.6) is 0 Å². The molecule has 1 aromatic carbocycles. The summed E-state index contributed by atoms with van der Waals surface area (Å²) in [5, 5.41) is 6.66. The summed E-state index contributed by atoms with van der Waals surface area (Å²) >= 11 is 0. The Morgan fingerprint density at radius 3 is 2.74 bits per heavy atom. The van der Waals surface area contributed by atoms with Crippen LogP contribution in [0.1, 0.15) is 37.3 Å². The van der Waals surface area contributed by atoms with Gasteiger partial charge in [-0.05, 0) is 36.5 Å². The summed E-state index contributed by atoms with van der Waals surface area (Å²) in [7, 11) is 3.96. The molecule has 0 saturated heterocycles. The minimum Gasteiger partial charge on any atom is -0.379 e. The van der Waals surface area contributed by atoms with E-state index >= 15 is 0 Å². The predicted molar refractivity (Wildman–Crippen MR) is 113 cm³/mol. The Kier molecular flexibility index (Phi) is 10.0. The van der Waals surface area contributed by atoms with Gasteiger partial charge in [0.15, 0.2) is 5.96 Å². The molecule has 152 valence electrons. The van der Waals surface area contributed by atoms with E-state index in [2.05, 4.69) is 52.7 Å². The number of benzene rings is 1. The fraction of sp³-hybridized carbons (Fsp3) is 0.667. The van der Waals surface area contributed by atoms with Crippen molar-refractivity contribution in [3.63, 3.8) is 0 Å². The van der Waals surface area contributed by atoms with Crippen LogP contribution in [-0.2, 0) is 22.4 Å². The average Bonchev–Trinajstić information content (AvgIpc) is 2.69. The van der Waals surface area contributed by atoms with Gasteiger partial charge in [-0.2, -0.15) is 0 Å². The van der Waals surface area contributed by atoms with Crippen molar-refractivity contribution in [2.75, 3.05) is 58.5 Å². The first kappa shape index (κ1) is 21.5. The number of hydrogen-bond acceptors (Lipinski definition) is 4. The van der Waals surface area contributed by atoms with Gasteiger partial charge in [-0.25, -0.2) is 0 Å². The zero-order chi connectivity index (χ0) is 19.3. The van der Waals surface area contributed by atoms with Crippen molar-refractivity contribution in [1.82, 2.24) is 10.6 Å². The molecule has 0 atom stereocenters. The van der Waals surface area contributed by atoms with Gasteiger partial charge in [-0.3, -0.25) is 4.99 Å². The van der Waals surface area contributed by atoms with Crippen LogP contribution in [0.25, 0.3) is 0 Å². The first-order valence-electron chi connectivity index (χ1n) is 10.2. The summed E-state index contributed by atoms with van der Waals surface area (Å²) in [5.41, 5.74) is 4.09. The molecule has 1 heterocycles. The summed E-state index contributed by atoms with van der Waals surface area (Å²) in [5.74, 6) is 0.799. The summed E-state index contributed by atoms with van der Waals surface area (Å²) in [6.07, 6.45) is 4.68. The first-order chi connectivity index (χ1) is 13.2. The molecular formula is C21H36N4O2. The third-order valence-corrected chi connectivity index (χ3v) is 4.73. The van der Waals surface area contributed by atoms with Crippen LogP contribution in [0.3, 0.4) is 0 Å². The summed E-state index contributed by atoms with van der Waals surface area (Å²) in [6, 6.07) is 6.74. The Hall–Kier alpha value is -1.79. The summed E-state index contributed by atoms with van der Waals surface area (Å²) in [4.78, 5) is 6.61. The SMILES string of the molecule is CCCCOCCOCCNC(=NC)NCc1ccc2c(c1)CCCN2C. The lowest BCUT2D eigenvalue weighted by atomic mass is 9.99. The standard InChI is InChI=1S/C21H36N4O2/c1-4-5-12-26-14-15-27-13-10-23-21(22-2)24-17-18-8-9-20-19(16-18)7-6-11-25(20)3/h8-9,16H,4-7,10-15,17H2,1-3H3,(H2,22,23,24). The van der Waals surface area contributed by atoms with E-state index in [1.807, 2.05) is 0 Å². The van der Waals surface area contributed by atoms with Crippen LogP contribution in [0.4, 0.5) is 5.69 Å². The van der Waals surface area contributed by atoms with Crippen molar-refractivity contribution in [2.45, 2.75) is 39.2 Å². The third-order valence-electron chi connectivity index (χ3n) is 4.73. The molecule has 2 rings (SSSR count). The van der Waals surface area contributed by atoms with Crippen molar-refractivity contribution >= 4 is 11.6 Å². The fourth-order valence-electron chi connectivity index (χ4n) is 3.16. The zero-order valence-corrected chi connectivity index (χ0v) is 17.2. The van der Waals surface area contributed by atoms with E-state index in [0.29, 0.717) is 19.8 Å². The van der Waals surface area contributed by atoms with Crippen LogP contribution in [-0.4, -0.2) is 59.6 Å². The first-order valence-corrected chi connectivity index (χ1v) is 10.2. The number of ether oxygens (including phenoxy) is 2. The molecule has 0 spiro atoms. The third kappa shape index (κ3) is 7.77. The number of nitrogens with zero attached hydrogens (tertiary/aromatic N) is 2. The van der Waals surface area contributed by atoms with Gasteiger partial charge in [-0.1, -0.05) is 25.5 Å². The number of unbranched alkanes of at least 4 members (excludes halogenated alkanes) is 1. The Labute approximate surface area is 164 Å². The van der Waals surface area contributed by atoms with E-state index in [-0.39, 0.29) is 0 Å². The highest BCUT2D eigenvalue weighted by molar-refractivity contribution is 5.79. The van der Waals surface area contributed by atoms with Crippen LogP contribution in [0, 0.1) is 0 Å². The number of aliphatic imine (C=N–C) groups is 1. The van der Waals surface area contributed by atoms with Crippen LogP contribution in [0.2, 0.25) is 0 Å². The molecular weight excluding hydrogens is 340 g/mol. The van der Waals surface area contributed by atoms with Gasteiger partial charge < -0.3 is 25.0 Å². The van der Waals surface area contributed by atoms with Gasteiger partial charge in [-0.15, -0.1) is 0 Å². The molecule has 0 aliphatic carbocycles. The highest BCUT2D eigenvalue weighted by Crippen LogP contribution is 2.26. The minimum absolute atomic E-state index is 0.640. The molecule has 27 heavy (non-hydrogen) atoms. The molecule has 0 unspecified atom stereocenters. The molecule has 1 aliphatic rings. The Morgan fingerprint density at radius 2 is 1.96 bits per heavy atom. The largest absolute Gasteiger partial charge is 0.379 e. The number of hydrogen-bond donors (Lipinski definition) is 2. The van der Waals surface area contributed by atoms with Gasteiger partial charge >= 0.3 is 0 Å². The van der Waals surface area contributed by atoms with Crippen LogP contribution in [0.15, 0.2) is 23.2 Å². The minimum atomic E-state index is 0.640. The van der Waals surface area contributed by atoms with Gasteiger partial charge in [0.05, 0.1) is 19.8 Å². The van der Waals surface area contributed by atoms with E-state index in [0.717, 1.165) is 38.6 Å². The number of guanidine groups is 1. The Morgan fingerprint density at radius 1 is 1.15 bits per heavy atom. The quantitative estimate of drug-likeness (QED) is 0.353. The lowest BCUT2D eigenvalue weighted by Crippen LogP contribution is -2.38. The summed E-state index contributed by atoms with van der Waals surface area (Å²) in [6.45, 7) is 7.58. The molecule has 0 radical (unpaired) electrons. The molecule has 1 aliphatic heterocycles. The van der Waals surface area contributed by atoms with Gasteiger partial charge in [0, 0.05) is 46.0 Å². The molecule has 1 aromatic rings. The van der Waals surface area contributed by atoms with E-state index in [9.17, 15) is 0 Å². The van der Waals surface area contributed by atoms with E-state index in [4.69, 9.17) is 9.47 Å². The lowest BCUT2D eigenvalue weighted by Gasteiger charge is -2.28. The zero-order valence-electron chi connectivity index (χ0n) is 17.2. The molecule has 0 saturated carbocycles. The van der Waals surface area contributed by atoms with Gasteiger partial charge in [0.2, 0.25) is 0 Å². The normalized spacial score (nSPS) is 14.2. The lowest BCUT2D eigenvalue weighted by molar-refractivity contribution is 0.0487. The van der Waals surface area contributed by atoms with E-state index in [1.54, 1.807) is 7.05 Å². The van der Waals surface area contributed by atoms with Gasteiger partial charge in [0.1, 0.15) is 0 Å². The second-order valence-electron chi connectivity index (χ2n) is 6.92.